The zero-order valence-corrected chi connectivity index (χ0v) is 27.4. The molecule has 0 saturated carbocycles. The molecule has 2 heteroatoms. The highest BCUT2D eigenvalue weighted by atomic mass is 15.0. The van der Waals surface area contributed by atoms with Crippen molar-refractivity contribution in [2.45, 2.75) is 0 Å². The second-order valence-corrected chi connectivity index (χ2v) is 13.0. The van der Waals surface area contributed by atoms with Crippen LogP contribution in [0.3, 0.4) is 0 Å². The minimum atomic E-state index is 1.17. The summed E-state index contributed by atoms with van der Waals surface area (Å²) < 4.78 is 4.74. The smallest absolute Gasteiger partial charge is 0.0541 e. The summed E-state index contributed by atoms with van der Waals surface area (Å²) in [5.74, 6) is 0. The Labute approximate surface area is 290 Å². The molecule has 0 spiro atoms. The fourth-order valence-electron chi connectivity index (χ4n) is 7.86. The van der Waals surface area contributed by atoms with Gasteiger partial charge in [-0.2, -0.15) is 0 Å². The first-order chi connectivity index (χ1) is 24.8. The van der Waals surface area contributed by atoms with E-state index in [1.165, 1.54) is 88.4 Å². The second-order valence-electron chi connectivity index (χ2n) is 13.0. The Balaban J connectivity index is 1.09. The van der Waals surface area contributed by atoms with E-state index in [-0.39, 0.29) is 0 Å². The predicted octanol–water partition coefficient (Wildman–Crippen LogP) is 12.9. The highest BCUT2D eigenvalue weighted by Crippen LogP contribution is 2.40. The first kappa shape index (κ1) is 28.4. The molecule has 0 unspecified atom stereocenters. The van der Waals surface area contributed by atoms with E-state index in [1.54, 1.807) is 0 Å². The summed E-state index contributed by atoms with van der Waals surface area (Å²) in [6.45, 7) is 0. The van der Waals surface area contributed by atoms with Gasteiger partial charge < -0.3 is 9.13 Å². The lowest BCUT2D eigenvalue weighted by Crippen LogP contribution is -1.93. The third-order valence-corrected chi connectivity index (χ3v) is 10.1. The van der Waals surface area contributed by atoms with Crippen LogP contribution in [0.5, 0.6) is 0 Å². The van der Waals surface area contributed by atoms with E-state index in [0.717, 1.165) is 0 Å². The highest BCUT2D eigenvalue weighted by molar-refractivity contribution is 6.12. The first-order valence-corrected chi connectivity index (χ1v) is 17.2. The minimum absolute atomic E-state index is 1.17. The van der Waals surface area contributed by atoms with Crippen molar-refractivity contribution in [1.29, 1.82) is 0 Å². The SMILES string of the molecule is c1ccc(-n2c3ccccc3c3cc(-c4cccc(-c5ccccc5-c5ccc6c(c5)c5ccccc5n6-c5ccccc5)c4)ccc32)cc1. The van der Waals surface area contributed by atoms with Crippen molar-refractivity contribution in [3.8, 4) is 44.8 Å². The molecule has 10 aromatic rings. The predicted molar refractivity (Wildman–Crippen MR) is 211 cm³/mol. The maximum atomic E-state index is 2.37. The van der Waals surface area contributed by atoms with E-state index in [2.05, 4.69) is 203 Å². The first-order valence-electron chi connectivity index (χ1n) is 17.2. The lowest BCUT2D eigenvalue weighted by atomic mass is 9.92. The number of benzene rings is 8. The van der Waals surface area contributed by atoms with Gasteiger partial charge in [0.25, 0.3) is 0 Å². The third-order valence-electron chi connectivity index (χ3n) is 10.1. The summed E-state index contributed by atoms with van der Waals surface area (Å²) in [5.41, 5.74) is 14.5. The normalized spacial score (nSPS) is 11.6. The Kier molecular flexibility index (Phi) is 6.53. The molecule has 2 nitrogen and oxygen atoms in total. The minimum Gasteiger partial charge on any atom is -0.309 e. The zero-order valence-electron chi connectivity index (χ0n) is 27.4. The topological polar surface area (TPSA) is 9.86 Å². The van der Waals surface area contributed by atoms with E-state index >= 15 is 0 Å². The number of rotatable bonds is 5. The number of nitrogens with zero attached hydrogens (tertiary/aromatic N) is 2. The molecule has 0 bridgehead atoms. The van der Waals surface area contributed by atoms with Gasteiger partial charge in [-0.1, -0.05) is 127 Å². The van der Waals surface area contributed by atoms with Crippen molar-refractivity contribution >= 4 is 43.6 Å². The summed E-state index contributed by atoms with van der Waals surface area (Å²) >= 11 is 0. The quantitative estimate of drug-likeness (QED) is 0.178. The van der Waals surface area contributed by atoms with Gasteiger partial charge in [0.1, 0.15) is 0 Å². The fraction of sp³-hybridized carbons (Fsp3) is 0. The van der Waals surface area contributed by atoms with Gasteiger partial charge in [-0.05, 0) is 100 Å². The molecular formula is C48H32N2. The van der Waals surface area contributed by atoms with Crippen LogP contribution in [0.25, 0.3) is 88.4 Å². The molecule has 0 amide bonds. The van der Waals surface area contributed by atoms with E-state index < -0.39 is 0 Å². The van der Waals surface area contributed by atoms with Crippen LogP contribution in [0.4, 0.5) is 0 Å². The Hall–Kier alpha value is -6.64. The number of para-hydroxylation sites is 4. The fourth-order valence-corrected chi connectivity index (χ4v) is 7.86. The Morgan fingerprint density at radius 2 is 0.640 bits per heavy atom. The Bertz CT molecular complexity index is 2860. The number of hydrogen-bond acceptors (Lipinski definition) is 0. The largest absolute Gasteiger partial charge is 0.309 e. The van der Waals surface area contributed by atoms with Crippen molar-refractivity contribution in [2.75, 3.05) is 0 Å². The molecule has 0 N–H and O–H groups in total. The van der Waals surface area contributed by atoms with Gasteiger partial charge in [0.15, 0.2) is 0 Å². The van der Waals surface area contributed by atoms with Crippen LogP contribution in [0.15, 0.2) is 194 Å². The van der Waals surface area contributed by atoms with Crippen LogP contribution < -0.4 is 0 Å². The maximum absolute atomic E-state index is 2.37. The summed E-state index contributed by atoms with van der Waals surface area (Å²) in [6.07, 6.45) is 0. The monoisotopic (exact) mass is 636 g/mol. The summed E-state index contributed by atoms with van der Waals surface area (Å²) in [7, 11) is 0. The zero-order chi connectivity index (χ0) is 33.0. The van der Waals surface area contributed by atoms with Gasteiger partial charge in [-0.3, -0.25) is 0 Å². The van der Waals surface area contributed by atoms with Crippen LogP contribution >= 0.6 is 0 Å². The Morgan fingerprint density at radius 1 is 0.240 bits per heavy atom. The molecule has 0 saturated heterocycles. The molecule has 0 aliphatic carbocycles. The van der Waals surface area contributed by atoms with Crippen LogP contribution in [-0.4, -0.2) is 9.13 Å². The summed E-state index contributed by atoms with van der Waals surface area (Å²) in [4.78, 5) is 0. The van der Waals surface area contributed by atoms with Gasteiger partial charge >= 0.3 is 0 Å². The third kappa shape index (κ3) is 4.50. The number of hydrogen-bond donors (Lipinski definition) is 0. The van der Waals surface area contributed by atoms with Crippen LogP contribution in [0, 0.1) is 0 Å². The molecule has 2 heterocycles. The molecule has 0 aliphatic heterocycles. The van der Waals surface area contributed by atoms with Crippen molar-refractivity contribution in [3.05, 3.63) is 194 Å². The van der Waals surface area contributed by atoms with E-state index in [9.17, 15) is 0 Å². The lowest BCUT2D eigenvalue weighted by molar-refractivity contribution is 1.18. The molecule has 50 heavy (non-hydrogen) atoms. The maximum Gasteiger partial charge on any atom is 0.0541 e. The van der Waals surface area contributed by atoms with Crippen LogP contribution in [0.2, 0.25) is 0 Å². The standard InChI is InChI=1S/C48H32N2/c1-3-16-37(17-4-1)49-45-24-11-9-22-41(45)43-31-34(26-28-47(43)49)33-14-13-15-35(30-33)39-20-7-8-21-40(39)36-27-29-48-44(32-36)42-23-10-12-25-46(42)50(48)38-18-5-2-6-19-38/h1-32H. The van der Waals surface area contributed by atoms with Gasteiger partial charge in [-0.15, -0.1) is 0 Å². The molecule has 10 rings (SSSR count). The van der Waals surface area contributed by atoms with E-state index in [4.69, 9.17) is 0 Å². The summed E-state index contributed by atoms with van der Waals surface area (Å²) in [6, 6.07) is 70.4. The van der Waals surface area contributed by atoms with Gasteiger partial charge in [0.05, 0.1) is 22.1 Å². The van der Waals surface area contributed by atoms with Crippen molar-refractivity contribution < 1.29 is 0 Å². The van der Waals surface area contributed by atoms with E-state index in [1.807, 2.05) is 0 Å². The molecule has 8 aromatic carbocycles. The average Bonchev–Trinajstić information content (AvgIpc) is 3.71. The molecular weight excluding hydrogens is 605 g/mol. The number of aromatic nitrogens is 2. The van der Waals surface area contributed by atoms with Crippen molar-refractivity contribution in [2.24, 2.45) is 0 Å². The van der Waals surface area contributed by atoms with Gasteiger partial charge in [0, 0.05) is 32.9 Å². The molecule has 234 valence electrons. The van der Waals surface area contributed by atoms with Gasteiger partial charge in [0.2, 0.25) is 0 Å². The summed E-state index contributed by atoms with van der Waals surface area (Å²) in [5, 5.41) is 5.04. The molecule has 0 fully saturated rings. The lowest BCUT2D eigenvalue weighted by Gasteiger charge is -2.13. The number of fused-ring (bicyclic) bond motifs is 6. The molecule has 2 aromatic heterocycles. The Morgan fingerprint density at radius 3 is 1.22 bits per heavy atom. The van der Waals surface area contributed by atoms with Crippen molar-refractivity contribution in [1.82, 2.24) is 9.13 Å². The van der Waals surface area contributed by atoms with E-state index in [0.29, 0.717) is 0 Å². The van der Waals surface area contributed by atoms with Crippen LogP contribution in [0.1, 0.15) is 0 Å². The molecule has 0 atom stereocenters. The van der Waals surface area contributed by atoms with Gasteiger partial charge in [-0.25, -0.2) is 0 Å². The molecule has 0 radical (unpaired) electrons. The molecule has 0 aliphatic rings. The van der Waals surface area contributed by atoms with Crippen LogP contribution in [-0.2, 0) is 0 Å². The second kappa shape index (κ2) is 11.5. The average molecular weight is 637 g/mol. The highest BCUT2D eigenvalue weighted by Gasteiger charge is 2.16. The van der Waals surface area contributed by atoms with Crippen molar-refractivity contribution in [3.63, 3.8) is 0 Å².